The molecule has 4 N–H and O–H groups in total. The highest BCUT2D eigenvalue weighted by Crippen LogP contribution is 1.46. The molecule has 0 aromatic carbocycles. The lowest BCUT2D eigenvalue weighted by Gasteiger charge is -1.97. The van der Waals surface area contributed by atoms with Crippen LogP contribution in [0.2, 0.25) is 0 Å². The van der Waals surface area contributed by atoms with Crippen LogP contribution in [0.5, 0.6) is 0 Å². The average molecular weight is 105 g/mol. The quantitative estimate of drug-likeness (QED) is 0.336. The first-order valence-electron chi connectivity index (χ1n) is 1.68. The van der Waals surface area contributed by atoms with Gasteiger partial charge in [-0.05, 0) is 0 Å². The predicted octanol–water partition coefficient (Wildman–Crippen LogP) is -1.11. The highest BCUT2D eigenvalue weighted by Gasteiger charge is 1.84. The topological polar surface area (TPSA) is 73.4 Å². The van der Waals surface area contributed by atoms with Crippen LogP contribution in [0.15, 0.2) is 0 Å². The molecule has 5 heteroatoms. The minimum absolute atomic E-state index is 1.12. The van der Waals surface area contributed by atoms with Crippen LogP contribution in [0.3, 0.4) is 0 Å². The van der Waals surface area contributed by atoms with Gasteiger partial charge in [0, 0.05) is 7.05 Å². The van der Waals surface area contributed by atoms with E-state index in [1.807, 2.05) is 5.43 Å². The summed E-state index contributed by atoms with van der Waals surface area (Å²) in [5.41, 5.74) is 6.36. The van der Waals surface area contributed by atoms with Crippen molar-refractivity contribution in [1.82, 2.24) is 16.4 Å². The second-order valence-electron chi connectivity index (χ2n) is 0.805. The molecule has 0 unspecified atom stereocenters. The van der Waals surface area contributed by atoms with E-state index < -0.39 is 6.09 Å². The molecule has 0 aliphatic heterocycles. The van der Waals surface area contributed by atoms with E-state index in [0.717, 1.165) is 0 Å². The highest BCUT2D eigenvalue weighted by molar-refractivity contribution is 5.63. The summed E-state index contributed by atoms with van der Waals surface area (Å²) < 4.78 is 0. The molecule has 0 atom stereocenters. The maximum Gasteiger partial charge on any atom is 0.420 e. The molecule has 0 saturated heterocycles. The van der Waals surface area contributed by atoms with Gasteiger partial charge in [-0.2, -0.15) is 5.53 Å². The number of rotatable bonds is 2. The van der Waals surface area contributed by atoms with Crippen molar-refractivity contribution in [1.29, 1.82) is 0 Å². The Morgan fingerprint density at radius 2 is 2.29 bits per heavy atom. The van der Waals surface area contributed by atoms with Crippen LogP contribution < -0.4 is 16.4 Å². The molecule has 0 aliphatic rings. The molecule has 0 aliphatic carbocycles. The van der Waals surface area contributed by atoms with E-state index >= 15 is 0 Å². The zero-order chi connectivity index (χ0) is 5.70. The number of hydrogen-bond donors (Lipinski definition) is 4. The van der Waals surface area contributed by atoms with Crippen LogP contribution in [0.4, 0.5) is 4.79 Å². The van der Waals surface area contributed by atoms with Gasteiger partial charge >= 0.3 is 6.09 Å². The third-order valence-corrected chi connectivity index (χ3v) is 0.294. The molecule has 0 heterocycles. The first kappa shape index (κ1) is 6.19. The first-order valence-corrected chi connectivity index (χ1v) is 1.68. The molecule has 0 spiro atoms. The molecular weight excluding hydrogens is 98.0 g/mol. The molecule has 0 aromatic heterocycles. The number of hydrazine groups is 2. The van der Waals surface area contributed by atoms with E-state index in [1.165, 1.54) is 0 Å². The lowest BCUT2D eigenvalue weighted by atomic mass is 11.3. The SMILES string of the molecule is CNNNC(=O)O. The Morgan fingerprint density at radius 1 is 1.71 bits per heavy atom. The molecule has 0 radical (unpaired) electrons. The Kier molecular flexibility index (Phi) is 2.99. The number of hydrogen-bond acceptors (Lipinski definition) is 3. The summed E-state index contributed by atoms with van der Waals surface area (Å²) in [7, 11) is 1.55. The van der Waals surface area contributed by atoms with Gasteiger partial charge in [-0.1, -0.05) is 0 Å². The zero-order valence-corrected chi connectivity index (χ0v) is 3.86. The molecule has 42 valence electrons. The molecule has 0 aromatic rings. The Labute approximate surface area is 40.6 Å². The van der Waals surface area contributed by atoms with E-state index in [0.29, 0.717) is 0 Å². The summed E-state index contributed by atoms with van der Waals surface area (Å²) in [4.78, 5) is 9.54. The standard InChI is InChI=1S/C2H7N3O2/c1-3-5-4-2(6)7/h3-5H,1H3,(H,6,7). The summed E-state index contributed by atoms with van der Waals surface area (Å²) in [5, 5.41) is 7.83. The maximum atomic E-state index is 9.54. The first-order chi connectivity index (χ1) is 3.27. The summed E-state index contributed by atoms with van der Waals surface area (Å²) in [5.74, 6) is 0. The molecule has 0 rings (SSSR count). The molecular formula is C2H7N3O2. The van der Waals surface area contributed by atoms with Crippen molar-refractivity contribution in [3.8, 4) is 0 Å². The monoisotopic (exact) mass is 105 g/mol. The number of carbonyl (C=O) groups is 1. The van der Waals surface area contributed by atoms with E-state index in [4.69, 9.17) is 5.11 Å². The molecule has 5 nitrogen and oxygen atoms in total. The fourth-order valence-electron chi connectivity index (χ4n) is 0.116. The van der Waals surface area contributed by atoms with Crippen LogP contribution in [0.25, 0.3) is 0 Å². The van der Waals surface area contributed by atoms with Crippen LogP contribution in [-0.4, -0.2) is 18.2 Å². The minimum atomic E-state index is -1.12. The molecule has 0 bridgehead atoms. The second-order valence-corrected chi connectivity index (χ2v) is 0.805. The van der Waals surface area contributed by atoms with Crippen molar-refractivity contribution in [2.75, 3.05) is 7.05 Å². The van der Waals surface area contributed by atoms with Crippen LogP contribution in [0, 0.1) is 0 Å². The van der Waals surface area contributed by atoms with E-state index in [9.17, 15) is 4.79 Å². The lowest BCUT2D eigenvalue weighted by Crippen LogP contribution is -2.43. The van der Waals surface area contributed by atoms with Gasteiger partial charge < -0.3 is 5.11 Å². The van der Waals surface area contributed by atoms with Gasteiger partial charge in [0.15, 0.2) is 0 Å². The van der Waals surface area contributed by atoms with Crippen molar-refractivity contribution in [3.63, 3.8) is 0 Å². The zero-order valence-electron chi connectivity index (χ0n) is 3.86. The fraction of sp³-hybridized carbons (Fsp3) is 0.500. The van der Waals surface area contributed by atoms with Gasteiger partial charge in [0.2, 0.25) is 0 Å². The lowest BCUT2D eigenvalue weighted by molar-refractivity contribution is 0.186. The number of nitrogens with one attached hydrogen (secondary N) is 3. The third kappa shape index (κ3) is 5.19. The minimum Gasteiger partial charge on any atom is -0.464 e. The second kappa shape index (κ2) is 3.38. The van der Waals surface area contributed by atoms with Gasteiger partial charge in [-0.15, -0.1) is 0 Å². The fourth-order valence-corrected chi connectivity index (χ4v) is 0.116. The maximum absolute atomic E-state index is 9.54. The van der Waals surface area contributed by atoms with Crippen molar-refractivity contribution in [3.05, 3.63) is 0 Å². The number of carboxylic acid groups (broad SMARTS) is 1. The summed E-state index contributed by atoms with van der Waals surface area (Å²) in [6.45, 7) is 0. The summed E-state index contributed by atoms with van der Waals surface area (Å²) in [6.07, 6.45) is -1.12. The van der Waals surface area contributed by atoms with Gasteiger partial charge in [-0.3, -0.25) is 0 Å². The predicted molar refractivity (Wildman–Crippen MR) is 23.4 cm³/mol. The molecule has 0 saturated carbocycles. The van der Waals surface area contributed by atoms with Gasteiger partial charge in [0.1, 0.15) is 0 Å². The average Bonchev–Trinajstić information content (AvgIpc) is 1.61. The molecule has 0 fully saturated rings. The normalized spacial score (nSPS) is 8.14. The van der Waals surface area contributed by atoms with Crippen LogP contribution in [-0.2, 0) is 0 Å². The van der Waals surface area contributed by atoms with Crippen molar-refractivity contribution in [2.45, 2.75) is 0 Å². The van der Waals surface area contributed by atoms with Gasteiger partial charge in [0.25, 0.3) is 0 Å². The summed E-state index contributed by atoms with van der Waals surface area (Å²) in [6, 6.07) is 0. The van der Waals surface area contributed by atoms with Crippen molar-refractivity contribution >= 4 is 6.09 Å². The van der Waals surface area contributed by atoms with Crippen LogP contribution in [0.1, 0.15) is 0 Å². The van der Waals surface area contributed by atoms with E-state index in [2.05, 4.69) is 11.0 Å². The Morgan fingerprint density at radius 3 is 2.43 bits per heavy atom. The molecule has 1 amide bonds. The van der Waals surface area contributed by atoms with Crippen molar-refractivity contribution < 1.29 is 9.90 Å². The Balaban J connectivity index is 2.82. The van der Waals surface area contributed by atoms with E-state index in [1.54, 1.807) is 7.05 Å². The Bertz CT molecular complexity index is 64.0. The molecule has 7 heavy (non-hydrogen) atoms. The smallest absolute Gasteiger partial charge is 0.420 e. The largest absolute Gasteiger partial charge is 0.464 e. The third-order valence-electron chi connectivity index (χ3n) is 0.294. The highest BCUT2D eigenvalue weighted by atomic mass is 16.4. The van der Waals surface area contributed by atoms with Crippen molar-refractivity contribution in [2.24, 2.45) is 0 Å². The Hall–Kier alpha value is -0.810. The van der Waals surface area contributed by atoms with Gasteiger partial charge in [0.05, 0.1) is 0 Å². The summed E-state index contributed by atoms with van der Waals surface area (Å²) >= 11 is 0. The number of amides is 1. The van der Waals surface area contributed by atoms with E-state index in [-0.39, 0.29) is 0 Å². The van der Waals surface area contributed by atoms with Crippen LogP contribution >= 0.6 is 0 Å². The van der Waals surface area contributed by atoms with Gasteiger partial charge in [-0.25, -0.2) is 15.6 Å².